The van der Waals surface area contributed by atoms with Crippen molar-refractivity contribution in [3.63, 3.8) is 0 Å². The Labute approximate surface area is 143 Å². The lowest BCUT2D eigenvalue weighted by Gasteiger charge is -2.20. The maximum Gasteiger partial charge on any atom is 0.259 e. The number of nitrogens with two attached hydrogens (primary N) is 1. The molecule has 2 aromatic rings. The summed E-state index contributed by atoms with van der Waals surface area (Å²) in [6.45, 7) is 0.378. The van der Waals surface area contributed by atoms with Crippen molar-refractivity contribution in [1.29, 1.82) is 0 Å². The second kappa shape index (κ2) is 7.56. The molecule has 0 radical (unpaired) electrons. The van der Waals surface area contributed by atoms with Gasteiger partial charge in [-0.25, -0.2) is 5.84 Å². The van der Waals surface area contributed by atoms with E-state index in [1.807, 2.05) is 30.3 Å². The van der Waals surface area contributed by atoms with Crippen LogP contribution in [-0.2, 0) is 6.54 Å². The first-order chi connectivity index (χ1) is 10.5. The lowest BCUT2D eigenvalue weighted by Crippen LogP contribution is -2.46. The Hall–Kier alpha value is -1.66. The SMILES string of the molecule is NN(Cc1ccccc1)C(=S)NC(=O)c1cc(Cl)ccc1Cl. The van der Waals surface area contributed by atoms with Crippen molar-refractivity contribution in [2.75, 3.05) is 0 Å². The minimum absolute atomic E-state index is 0.102. The fourth-order valence-electron chi connectivity index (χ4n) is 1.76. The highest BCUT2D eigenvalue weighted by atomic mass is 35.5. The molecule has 4 nitrogen and oxygen atoms in total. The smallest absolute Gasteiger partial charge is 0.259 e. The zero-order valence-electron chi connectivity index (χ0n) is 11.4. The summed E-state index contributed by atoms with van der Waals surface area (Å²) in [5.41, 5.74) is 1.21. The van der Waals surface area contributed by atoms with Gasteiger partial charge in [0.25, 0.3) is 5.91 Å². The van der Waals surface area contributed by atoms with Crippen LogP contribution >= 0.6 is 35.4 Å². The fraction of sp³-hybridized carbons (Fsp3) is 0.0667. The number of carbonyl (C=O) groups excluding carboxylic acids is 1. The van der Waals surface area contributed by atoms with Crippen molar-refractivity contribution in [3.05, 3.63) is 69.7 Å². The number of nitrogens with zero attached hydrogens (tertiary/aromatic N) is 1. The van der Waals surface area contributed by atoms with Crippen LogP contribution < -0.4 is 11.2 Å². The molecule has 0 unspecified atom stereocenters. The second-order valence-electron chi connectivity index (χ2n) is 4.50. The van der Waals surface area contributed by atoms with E-state index in [0.717, 1.165) is 5.56 Å². The number of hydrogen-bond acceptors (Lipinski definition) is 3. The van der Waals surface area contributed by atoms with Gasteiger partial charge in [-0.2, -0.15) is 0 Å². The van der Waals surface area contributed by atoms with E-state index in [1.54, 1.807) is 12.1 Å². The van der Waals surface area contributed by atoms with Crippen LogP contribution in [0.5, 0.6) is 0 Å². The average molecular weight is 354 g/mol. The Morgan fingerprint density at radius 3 is 2.55 bits per heavy atom. The highest BCUT2D eigenvalue weighted by molar-refractivity contribution is 7.80. The molecule has 0 heterocycles. The van der Waals surface area contributed by atoms with Crippen LogP contribution in [0, 0.1) is 0 Å². The van der Waals surface area contributed by atoms with E-state index in [9.17, 15) is 4.79 Å². The summed E-state index contributed by atoms with van der Waals surface area (Å²) < 4.78 is 0. The van der Waals surface area contributed by atoms with Crippen molar-refractivity contribution in [2.45, 2.75) is 6.54 Å². The molecule has 114 valence electrons. The lowest BCUT2D eigenvalue weighted by molar-refractivity contribution is 0.0973. The van der Waals surface area contributed by atoms with Gasteiger partial charge in [0.1, 0.15) is 0 Å². The van der Waals surface area contributed by atoms with Crippen molar-refractivity contribution >= 4 is 46.4 Å². The standard InChI is InChI=1S/C15H13Cl2N3OS/c16-11-6-7-13(17)12(8-11)14(21)19-15(22)20(18)9-10-4-2-1-3-5-10/h1-8H,9,18H2,(H,19,21,22). The lowest BCUT2D eigenvalue weighted by atomic mass is 10.2. The van der Waals surface area contributed by atoms with Crippen molar-refractivity contribution in [3.8, 4) is 0 Å². The van der Waals surface area contributed by atoms with Gasteiger partial charge in [-0.1, -0.05) is 53.5 Å². The first-order valence-corrected chi connectivity index (χ1v) is 7.50. The molecule has 0 aromatic heterocycles. The topological polar surface area (TPSA) is 58.4 Å². The summed E-state index contributed by atoms with van der Waals surface area (Å²) in [6.07, 6.45) is 0. The van der Waals surface area contributed by atoms with E-state index in [4.69, 9.17) is 41.3 Å². The van der Waals surface area contributed by atoms with Gasteiger partial charge in [-0.15, -0.1) is 0 Å². The van der Waals surface area contributed by atoms with E-state index in [0.29, 0.717) is 11.6 Å². The molecule has 2 aromatic carbocycles. The van der Waals surface area contributed by atoms with Gasteiger partial charge in [-0.3, -0.25) is 15.1 Å². The van der Waals surface area contributed by atoms with Gasteiger partial charge in [0.2, 0.25) is 0 Å². The first-order valence-electron chi connectivity index (χ1n) is 6.34. The Morgan fingerprint density at radius 1 is 1.18 bits per heavy atom. The third-order valence-electron chi connectivity index (χ3n) is 2.85. The molecule has 2 rings (SSSR count). The Kier molecular flexibility index (Phi) is 5.74. The van der Waals surface area contributed by atoms with E-state index in [1.165, 1.54) is 11.1 Å². The molecule has 0 fully saturated rings. The zero-order valence-corrected chi connectivity index (χ0v) is 13.8. The molecule has 0 spiro atoms. The fourth-order valence-corrected chi connectivity index (χ4v) is 2.29. The molecule has 3 N–H and O–H groups in total. The molecule has 0 bridgehead atoms. The van der Waals surface area contributed by atoms with Gasteiger partial charge in [0.15, 0.2) is 5.11 Å². The van der Waals surface area contributed by atoms with Crippen LogP contribution in [-0.4, -0.2) is 16.0 Å². The zero-order chi connectivity index (χ0) is 16.1. The summed E-state index contributed by atoms with van der Waals surface area (Å²) in [5.74, 6) is 5.40. The highest BCUT2D eigenvalue weighted by Gasteiger charge is 2.15. The number of nitrogens with one attached hydrogen (secondary N) is 1. The molecule has 0 aliphatic heterocycles. The molecule has 22 heavy (non-hydrogen) atoms. The molecular weight excluding hydrogens is 341 g/mol. The molecule has 0 saturated heterocycles. The minimum Gasteiger partial charge on any atom is -0.298 e. The molecular formula is C15H13Cl2N3OS. The van der Waals surface area contributed by atoms with E-state index in [-0.39, 0.29) is 15.7 Å². The van der Waals surface area contributed by atoms with Crippen molar-refractivity contribution in [2.24, 2.45) is 5.84 Å². The summed E-state index contributed by atoms with van der Waals surface area (Å²) in [7, 11) is 0. The number of halogens is 2. The predicted molar refractivity (Wildman–Crippen MR) is 92.7 cm³/mol. The number of thiocarbonyl (C=S) groups is 1. The van der Waals surface area contributed by atoms with Gasteiger partial charge in [0.05, 0.1) is 17.1 Å². The Bertz CT molecular complexity index is 694. The van der Waals surface area contributed by atoms with Crippen LogP contribution in [0.2, 0.25) is 10.0 Å². The monoisotopic (exact) mass is 353 g/mol. The normalized spacial score (nSPS) is 10.1. The first kappa shape index (κ1) is 16.7. The van der Waals surface area contributed by atoms with Gasteiger partial charge in [0, 0.05) is 5.02 Å². The number of hydrogen-bond donors (Lipinski definition) is 2. The van der Waals surface area contributed by atoms with E-state index < -0.39 is 5.91 Å². The van der Waals surface area contributed by atoms with Gasteiger partial charge in [-0.05, 0) is 36.0 Å². The van der Waals surface area contributed by atoms with E-state index in [2.05, 4.69) is 5.32 Å². The maximum absolute atomic E-state index is 12.2. The van der Waals surface area contributed by atoms with Crippen molar-refractivity contribution < 1.29 is 4.79 Å². The average Bonchev–Trinajstić information content (AvgIpc) is 2.50. The second-order valence-corrected chi connectivity index (χ2v) is 5.73. The quantitative estimate of drug-likeness (QED) is 0.504. The Morgan fingerprint density at radius 2 is 1.86 bits per heavy atom. The van der Waals surface area contributed by atoms with Crippen molar-refractivity contribution in [1.82, 2.24) is 10.3 Å². The van der Waals surface area contributed by atoms with Crippen LogP contribution in [0.4, 0.5) is 0 Å². The molecule has 0 aliphatic carbocycles. The predicted octanol–water partition coefficient (Wildman–Crippen LogP) is 3.38. The Balaban J connectivity index is 2.02. The van der Waals surface area contributed by atoms with Crippen LogP contribution in [0.3, 0.4) is 0 Å². The van der Waals surface area contributed by atoms with E-state index >= 15 is 0 Å². The maximum atomic E-state index is 12.2. The number of amides is 1. The molecule has 7 heteroatoms. The third-order valence-corrected chi connectivity index (χ3v) is 3.75. The molecule has 1 amide bonds. The molecule has 0 aliphatic rings. The minimum atomic E-state index is -0.457. The highest BCUT2D eigenvalue weighted by Crippen LogP contribution is 2.20. The summed E-state index contributed by atoms with van der Waals surface area (Å²) in [6, 6.07) is 14.2. The number of hydrazine groups is 1. The summed E-state index contributed by atoms with van der Waals surface area (Å²) in [4.78, 5) is 12.2. The van der Waals surface area contributed by atoms with Gasteiger partial charge < -0.3 is 0 Å². The molecule has 0 atom stereocenters. The van der Waals surface area contributed by atoms with Crippen LogP contribution in [0.25, 0.3) is 0 Å². The van der Waals surface area contributed by atoms with Gasteiger partial charge >= 0.3 is 0 Å². The number of benzene rings is 2. The number of carbonyl (C=O) groups is 1. The number of rotatable bonds is 3. The summed E-state index contributed by atoms with van der Waals surface area (Å²) >= 11 is 17.0. The van der Waals surface area contributed by atoms with Crippen LogP contribution in [0.1, 0.15) is 15.9 Å². The summed E-state index contributed by atoms with van der Waals surface area (Å²) in [5, 5.41) is 4.61. The van der Waals surface area contributed by atoms with Crippen LogP contribution in [0.15, 0.2) is 48.5 Å². The largest absolute Gasteiger partial charge is 0.298 e. The third kappa shape index (κ3) is 4.42. The molecule has 0 saturated carbocycles.